The number of hydrogen-bond acceptors (Lipinski definition) is 4. The number of ether oxygens (including phenoxy) is 1. The fourth-order valence-corrected chi connectivity index (χ4v) is 1.85. The molecule has 0 atom stereocenters. The van der Waals surface area contributed by atoms with E-state index in [-0.39, 0.29) is 5.88 Å². The molecule has 1 aromatic heterocycles. The second-order valence-corrected chi connectivity index (χ2v) is 4.64. The van der Waals surface area contributed by atoms with Crippen molar-refractivity contribution in [3.63, 3.8) is 0 Å². The lowest BCUT2D eigenvalue weighted by molar-refractivity contribution is 0.415. The lowest BCUT2D eigenvalue weighted by atomic mass is 10.2. The first kappa shape index (κ1) is 13.4. The van der Waals surface area contributed by atoms with Crippen LogP contribution in [0.3, 0.4) is 0 Å². The van der Waals surface area contributed by atoms with Crippen LogP contribution in [-0.2, 0) is 0 Å². The third-order valence-corrected chi connectivity index (χ3v) is 2.92. The number of H-pyrrole nitrogens is 1. The molecule has 0 radical (unpaired) electrons. The maximum atomic E-state index is 9.91. The van der Waals surface area contributed by atoms with Crippen molar-refractivity contribution in [3.8, 4) is 11.6 Å². The molecule has 0 aliphatic heterocycles. The average Bonchev–Trinajstić information content (AvgIpc) is 2.69. The molecule has 0 saturated heterocycles. The van der Waals surface area contributed by atoms with Gasteiger partial charge in [-0.15, -0.1) is 0 Å². The van der Waals surface area contributed by atoms with Crippen molar-refractivity contribution in [1.29, 1.82) is 0 Å². The maximum absolute atomic E-state index is 9.91. The summed E-state index contributed by atoms with van der Waals surface area (Å²) in [6.45, 7) is 1.58. The Labute approximate surface area is 112 Å². The molecule has 2 N–H and O–H groups in total. The van der Waals surface area contributed by atoms with Crippen molar-refractivity contribution >= 4 is 17.1 Å². The molecule has 5 nitrogen and oxygen atoms in total. The van der Waals surface area contributed by atoms with Crippen LogP contribution in [0.5, 0.6) is 11.6 Å². The van der Waals surface area contributed by atoms with Gasteiger partial charge in [0.15, 0.2) is 5.88 Å². The molecular weight excluding hydrogens is 242 g/mol. The summed E-state index contributed by atoms with van der Waals surface area (Å²) in [6, 6.07) is 5.62. The van der Waals surface area contributed by atoms with Crippen LogP contribution in [0.15, 0.2) is 23.2 Å². The minimum atomic E-state index is 0.136. The van der Waals surface area contributed by atoms with Gasteiger partial charge in [-0.3, -0.25) is 4.99 Å². The van der Waals surface area contributed by atoms with Crippen molar-refractivity contribution < 1.29 is 9.84 Å². The number of aromatic nitrogens is 1. The van der Waals surface area contributed by atoms with Crippen LogP contribution in [0.1, 0.15) is 5.56 Å². The highest BCUT2D eigenvalue weighted by Gasteiger charge is 2.09. The average molecular weight is 261 g/mol. The van der Waals surface area contributed by atoms with Gasteiger partial charge in [0.25, 0.3) is 0 Å². The highest BCUT2D eigenvalue weighted by Crippen LogP contribution is 2.28. The smallest absolute Gasteiger partial charge is 0.198 e. The summed E-state index contributed by atoms with van der Waals surface area (Å²) >= 11 is 0. The first-order valence-electron chi connectivity index (χ1n) is 6.15. The van der Waals surface area contributed by atoms with Crippen LogP contribution < -0.4 is 4.74 Å². The van der Waals surface area contributed by atoms with Gasteiger partial charge in [-0.25, -0.2) is 0 Å². The van der Waals surface area contributed by atoms with Gasteiger partial charge in [-0.2, -0.15) is 0 Å². The Morgan fingerprint density at radius 3 is 2.89 bits per heavy atom. The molecule has 0 unspecified atom stereocenters. The van der Waals surface area contributed by atoms with Gasteiger partial charge in [-0.1, -0.05) is 0 Å². The molecule has 0 spiro atoms. The van der Waals surface area contributed by atoms with E-state index in [0.717, 1.165) is 23.2 Å². The Bertz CT molecular complexity index is 588. The number of benzene rings is 1. The van der Waals surface area contributed by atoms with Gasteiger partial charge in [0, 0.05) is 23.7 Å². The van der Waals surface area contributed by atoms with Gasteiger partial charge >= 0.3 is 0 Å². The number of likely N-dealkylation sites (N-methyl/N-ethyl adjacent to an activating group) is 1. The van der Waals surface area contributed by atoms with Crippen LogP contribution >= 0.6 is 0 Å². The quantitative estimate of drug-likeness (QED) is 0.808. The van der Waals surface area contributed by atoms with E-state index < -0.39 is 0 Å². The number of nitrogens with zero attached hydrogens (tertiary/aromatic N) is 2. The Balaban J connectivity index is 2.28. The Hall–Kier alpha value is -2.01. The van der Waals surface area contributed by atoms with E-state index in [1.165, 1.54) is 0 Å². The summed E-state index contributed by atoms with van der Waals surface area (Å²) in [5.41, 5.74) is 1.57. The molecule has 1 heterocycles. The van der Waals surface area contributed by atoms with E-state index in [4.69, 9.17) is 4.74 Å². The van der Waals surface area contributed by atoms with Crippen molar-refractivity contribution in [2.45, 2.75) is 0 Å². The number of rotatable bonds is 5. The van der Waals surface area contributed by atoms with Gasteiger partial charge in [0.1, 0.15) is 5.75 Å². The molecule has 0 amide bonds. The Morgan fingerprint density at radius 1 is 1.42 bits per heavy atom. The molecular formula is C14H19N3O2. The van der Waals surface area contributed by atoms with Crippen LogP contribution in [0.4, 0.5) is 0 Å². The Kier molecular flexibility index (Phi) is 4.06. The minimum Gasteiger partial charge on any atom is -0.497 e. The molecule has 19 heavy (non-hydrogen) atoms. The lowest BCUT2D eigenvalue weighted by Crippen LogP contribution is -2.15. The first-order valence-corrected chi connectivity index (χ1v) is 6.15. The van der Waals surface area contributed by atoms with Gasteiger partial charge in [-0.05, 0) is 32.3 Å². The lowest BCUT2D eigenvalue weighted by Gasteiger charge is -2.05. The summed E-state index contributed by atoms with van der Waals surface area (Å²) in [4.78, 5) is 9.32. The van der Waals surface area contributed by atoms with E-state index in [1.807, 2.05) is 32.3 Å². The van der Waals surface area contributed by atoms with Crippen LogP contribution in [0, 0.1) is 0 Å². The summed E-state index contributed by atoms with van der Waals surface area (Å²) in [5.74, 6) is 0.895. The van der Waals surface area contributed by atoms with Crippen molar-refractivity contribution in [3.05, 3.63) is 23.8 Å². The highest BCUT2D eigenvalue weighted by molar-refractivity contribution is 6.02. The predicted octanol–water partition coefficient (Wildman–Crippen LogP) is 1.86. The predicted molar refractivity (Wildman–Crippen MR) is 77.5 cm³/mol. The molecule has 5 heteroatoms. The first-order chi connectivity index (χ1) is 9.11. The molecule has 0 saturated carbocycles. The minimum absolute atomic E-state index is 0.136. The number of aliphatic imine (C=N–C) groups is 1. The van der Waals surface area contributed by atoms with Crippen LogP contribution in [-0.4, -0.2) is 55.5 Å². The number of aromatic hydroxyl groups is 1. The molecule has 2 rings (SSSR count). The van der Waals surface area contributed by atoms with Crippen LogP contribution in [0.2, 0.25) is 0 Å². The van der Waals surface area contributed by atoms with Gasteiger partial charge in [0.05, 0.1) is 19.2 Å². The number of aromatic amines is 1. The van der Waals surface area contributed by atoms with E-state index in [0.29, 0.717) is 12.1 Å². The zero-order valence-corrected chi connectivity index (χ0v) is 11.5. The van der Waals surface area contributed by atoms with Crippen molar-refractivity contribution in [2.75, 3.05) is 34.3 Å². The van der Waals surface area contributed by atoms with Crippen molar-refractivity contribution in [2.24, 2.45) is 4.99 Å². The monoisotopic (exact) mass is 261 g/mol. The summed E-state index contributed by atoms with van der Waals surface area (Å²) < 4.78 is 5.20. The van der Waals surface area contributed by atoms with Crippen molar-refractivity contribution in [1.82, 2.24) is 9.88 Å². The molecule has 1 aromatic carbocycles. The third kappa shape index (κ3) is 3.06. The molecule has 2 aromatic rings. The number of fused-ring (bicyclic) bond motifs is 1. The number of nitrogens with one attached hydrogen (secondary N) is 1. The number of methoxy groups -OCH3 is 1. The molecule has 0 aliphatic carbocycles. The number of hydrogen-bond donors (Lipinski definition) is 2. The zero-order chi connectivity index (χ0) is 13.8. The SMILES string of the molecule is COc1ccc2[nH]c(O)c(C=NCCN(C)C)c2c1. The zero-order valence-electron chi connectivity index (χ0n) is 11.5. The van der Waals surface area contributed by atoms with E-state index in [1.54, 1.807) is 13.3 Å². The van der Waals surface area contributed by atoms with E-state index in [9.17, 15) is 5.11 Å². The van der Waals surface area contributed by atoms with E-state index >= 15 is 0 Å². The fourth-order valence-electron chi connectivity index (χ4n) is 1.85. The maximum Gasteiger partial charge on any atom is 0.198 e. The summed E-state index contributed by atoms with van der Waals surface area (Å²) in [7, 11) is 5.63. The summed E-state index contributed by atoms with van der Waals surface area (Å²) in [6.07, 6.45) is 1.71. The second kappa shape index (κ2) is 5.75. The highest BCUT2D eigenvalue weighted by atomic mass is 16.5. The van der Waals surface area contributed by atoms with Gasteiger partial charge in [0.2, 0.25) is 0 Å². The normalized spacial score (nSPS) is 11.8. The molecule has 102 valence electrons. The largest absolute Gasteiger partial charge is 0.497 e. The fraction of sp³-hybridized carbons (Fsp3) is 0.357. The topological polar surface area (TPSA) is 60.9 Å². The van der Waals surface area contributed by atoms with Gasteiger partial charge < -0.3 is 19.7 Å². The standard InChI is InChI=1S/C14H19N3O2/c1-17(2)7-6-15-9-12-11-8-10(19-3)4-5-13(11)16-14(12)18/h4-5,8-9,16,18H,6-7H2,1-3H3. The van der Waals surface area contributed by atoms with E-state index in [2.05, 4.69) is 14.9 Å². The Morgan fingerprint density at radius 2 is 2.21 bits per heavy atom. The third-order valence-electron chi connectivity index (χ3n) is 2.92. The molecule has 0 fully saturated rings. The summed E-state index contributed by atoms with van der Waals surface area (Å²) in [5, 5.41) is 10.8. The second-order valence-electron chi connectivity index (χ2n) is 4.64. The molecule has 0 aliphatic rings. The molecule has 0 bridgehead atoms. The van der Waals surface area contributed by atoms with Crippen LogP contribution in [0.25, 0.3) is 10.9 Å².